The molecule has 0 spiro atoms. The second kappa shape index (κ2) is 18.4. The van der Waals surface area contributed by atoms with E-state index in [0.29, 0.717) is 0 Å². The van der Waals surface area contributed by atoms with Crippen molar-refractivity contribution in [3.63, 3.8) is 0 Å². The Labute approximate surface area is 224 Å². The Hall–Kier alpha value is -3.80. The van der Waals surface area contributed by atoms with Gasteiger partial charge in [0.1, 0.15) is 18.1 Å². The summed E-state index contributed by atoms with van der Waals surface area (Å²) in [5.74, 6) is -5.36. The quantitative estimate of drug-likeness (QED) is 0.0308. The van der Waals surface area contributed by atoms with Gasteiger partial charge in [-0.3, -0.25) is 29.2 Å². The molecule has 38 heavy (non-hydrogen) atoms. The van der Waals surface area contributed by atoms with E-state index in [4.69, 9.17) is 33.8 Å². The SMILES string of the molecule is NC(N)=NCCCC(NC(=O)C(CCC(=O)O)NC(=O)C(CCCN=C(N)N)NC(=O)C(N)CS)C(=O)O. The molecule has 17 nitrogen and oxygen atoms in total. The maximum atomic E-state index is 13.0. The molecule has 0 aliphatic rings. The summed E-state index contributed by atoms with van der Waals surface area (Å²) in [6.45, 7) is 0.264. The molecule has 0 aromatic heterocycles. The number of aliphatic imine (C=N–C) groups is 2. The number of nitrogens with two attached hydrogens (primary N) is 5. The van der Waals surface area contributed by atoms with Gasteiger partial charge in [0.05, 0.1) is 6.04 Å². The monoisotopic (exact) mass is 562 g/mol. The largest absolute Gasteiger partial charge is 0.481 e. The molecule has 0 aliphatic heterocycles. The molecule has 18 heteroatoms. The third kappa shape index (κ3) is 15.3. The van der Waals surface area contributed by atoms with Gasteiger partial charge in [0.25, 0.3) is 0 Å². The molecule has 0 radical (unpaired) electrons. The second-order valence-electron chi connectivity index (χ2n) is 8.14. The average Bonchev–Trinajstić information content (AvgIpc) is 2.83. The Morgan fingerprint density at radius 2 is 1.13 bits per heavy atom. The summed E-state index contributed by atoms with van der Waals surface area (Å²) >= 11 is 3.95. The van der Waals surface area contributed by atoms with Crippen LogP contribution in [0.4, 0.5) is 0 Å². The van der Waals surface area contributed by atoms with Crippen molar-refractivity contribution in [2.45, 2.75) is 62.7 Å². The smallest absolute Gasteiger partial charge is 0.326 e. The fourth-order valence-electron chi connectivity index (χ4n) is 2.98. The number of thiol groups is 1. The van der Waals surface area contributed by atoms with E-state index in [0.717, 1.165) is 0 Å². The van der Waals surface area contributed by atoms with Gasteiger partial charge >= 0.3 is 11.9 Å². The number of carboxylic acids is 2. The zero-order valence-corrected chi connectivity index (χ0v) is 21.7. The highest BCUT2D eigenvalue weighted by Gasteiger charge is 2.30. The summed E-state index contributed by atoms with van der Waals surface area (Å²) in [6.07, 6.45) is -0.372. The normalized spacial score (nSPS) is 13.6. The summed E-state index contributed by atoms with van der Waals surface area (Å²) < 4.78 is 0. The van der Waals surface area contributed by atoms with Crippen molar-refractivity contribution in [1.29, 1.82) is 0 Å². The molecule has 0 saturated heterocycles. The first-order valence-corrected chi connectivity index (χ1v) is 12.2. The highest BCUT2D eigenvalue weighted by Crippen LogP contribution is 2.06. The van der Waals surface area contributed by atoms with E-state index < -0.39 is 60.2 Å². The fraction of sp³-hybridized carbons (Fsp3) is 0.650. The molecule has 3 amide bonds. The van der Waals surface area contributed by atoms with Crippen LogP contribution in [0.1, 0.15) is 38.5 Å². The second-order valence-corrected chi connectivity index (χ2v) is 8.51. The number of carbonyl (C=O) groups excluding carboxylic acids is 3. The van der Waals surface area contributed by atoms with Crippen LogP contribution in [0.3, 0.4) is 0 Å². The third-order valence-electron chi connectivity index (χ3n) is 4.95. The molecule has 0 bridgehead atoms. The van der Waals surface area contributed by atoms with Gasteiger partial charge in [0, 0.05) is 25.3 Å². The minimum absolute atomic E-state index is 0.00240. The molecule has 0 aromatic rings. The van der Waals surface area contributed by atoms with Gasteiger partial charge < -0.3 is 54.8 Å². The van der Waals surface area contributed by atoms with Crippen molar-refractivity contribution in [2.24, 2.45) is 38.7 Å². The Bertz CT molecular complexity index is 878. The molecular weight excluding hydrogens is 524 g/mol. The van der Waals surface area contributed by atoms with Gasteiger partial charge in [-0.15, -0.1) is 0 Å². The average molecular weight is 563 g/mol. The number of nitrogens with one attached hydrogen (secondary N) is 3. The van der Waals surface area contributed by atoms with Gasteiger partial charge in [0.15, 0.2) is 11.9 Å². The van der Waals surface area contributed by atoms with E-state index in [9.17, 15) is 29.1 Å². The molecule has 0 aromatic carbocycles. The van der Waals surface area contributed by atoms with Crippen LogP contribution in [0.2, 0.25) is 0 Å². The minimum atomic E-state index is -1.42. The molecular formula is C20H38N10O7S. The lowest BCUT2D eigenvalue weighted by Gasteiger charge is -2.25. The Morgan fingerprint density at radius 3 is 1.55 bits per heavy atom. The van der Waals surface area contributed by atoms with E-state index in [2.05, 4.69) is 38.6 Å². The molecule has 15 N–H and O–H groups in total. The molecule has 0 aliphatic carbocycles. The number of nitrogens with zero attached hydrogens (tertiary/aromatic N) is 2. The maximum Gasteiger partial charge on any atom is 0.326 e. The molecule has 0 heterocycles. The number of guanidine groups is 2. The first-order valence-electron chi connectivity index (χ1n) is 11.6. The first-order chi connectivity index (χ1) is 17.8. The van der Waals surface area contributed by atoms with Gasteiger partial charge in [-0.2, -0.15) is 12.6 Å². The maximum absolute atomic E-state index is 13.0. The Kier molecular flexibility index (Phi) is 16.6. The van der Waals surface area contributed by atoms with Gasteiger partial charge in [-0.1, -0.05) is 0 Å². The molecule has 0 saturated carbocycles. The van der Waals surface area contributed by atoms with Crippen LogP contribution in [0, 0.1) is 0 Å². The number of amides is 3. The van der Waals surface area contributed by atoms with Crippen LogP contribution in [0.15, 0.2) is 9.98 Å². The topological polar surface area (TPSA) is 317 Å². The lowest BCUT2D eigenvalue weighted by atomic mass is 10.1. The first kappa shape index (κ1) is 34.2. The number of carboxylic acid groups (broad SMARTS) is 2. The number of hydrogen-bond acceptors (Lipinski definition) is 9. The van der Waals surface area contributed by atoms with E-state index in [-0.39, 0.29) is 62.9 Å². The van der Waals surface area contributed by atoms with Crippen LogP contribution >= 0.6 is 12.6 Å². The lowest BCUT2D eigenvalue weighted by molar-refractivity contribution is -0.143. The van der Waals surface area contributed by atoms with E-state index >= 15 is 0 Å². The van der Waals surface area contributed by atoms with Crippen LogP contribution in [0.5, 0.6) is 0 Å². The van der Waals surface area contributed by atoms with Crippen LogP contribution < -0.4 is 44.6 Å². The predicted molar refractivity (Wildman–Crippen MR) is 142 cm³/mol. The highest BCUT2D eigenvalue weighted by atomic mass is 32.1. The van der Waals surface area contributed by atoms with Crippen molar-refractivity contribution in [3.8, 4) is 0 Å². The van der Waals surface area contributed by atoms with Crippen molar-refractivity contribution < 1.29 is 34.2 Å². The number of hydrogen-bond donors (Lipinski definition) is 11. The summed E-state index contributed by atoms with van der Waals surface area (Å²) in [5.41, 5.74) is 26.7. The Balaban J connectivity index is 5.59. The van der Waals surface area contributed by atoms with Crippen LogP contribution in [-0.2, 0) is 24.0 Å². The van der Waals surface area contributed by atoms with Gasteiger partial charge in [0.2, 0.25) is 17.7 Å². The predicted octanol–water partition coefficient (Wildman–Crippen LogP) is -4.25. The summed E-state index contributed by atoms with van der Waals surface area (Å²) in [7, 11) is 0. The van der Waals surface area contributed by atoms with Gasteiger partial charge in [-0.25, -0.2) is 4.79 Å². The van der Waals surface area contributed by atoms with E-state index in [1.807, 2.05) is 0 Å². The van der Waals surface area contributed by atoms with E-state index in [1.54, 1.807) is 0 Å². The van der Waals surface area contributed by atoms with Crippen molar-refractivity contribution >= 4 is 54.2 Å². The summed E-state index contributed by atoms with van der Waals surface area (Å²) in [6, 6.07) is -4.98. The number of aliphatic carboxylic acids is 2. The Morgan fingerprint density at radius 1 is 0.711 bits per heavy atom. The summed E-state index contributed by atoms with van der Waals surface area (Å²) in [5, 5.41) is 25.6. The van der Waals surface area contributed by atoms with Gasteiger partial charge in [-0.05, 0) is 32.1 Å². The molecule has 4 unspecified atom stereocenters. The van der Waals surface area contributed by atoms with Crippen molar-refractivity contribution in [2.75, 3.05) is 18.8 Å². The molecule has 216 valence electrons. The molecule has 0 rings (SSSR count). The zero-order valence-electron chi connectivity index (χ0n) is 20.8. The standard InChI is InChI=1S/C20H38N10O7S/c21-10(9-38)15(33)28-11(3-1-7-26-19(22)23)16(34)29-12(5-6-14(31)32)17(35)30-13(18(36)37)4-2-8-27-20(24)25/h10-13,38H,1-9,21H2,(H,28,33)(H,29,34)(H,30,35)(H,31,32)(H,36,37)(H4,22,23,26)(H4,24,25,27). The number of rotatable bonds is 19. The molecule has 4 atom stereocenters. The third-order valence-corrected chi connectivity index (χ3v) is 5.34. The highest BCUT2D eigenvalue weighted by molar-refractivity contribution is 7.80. The van der Waals surface area contributed by atoms with Crippen LogP contribution in [0.25, 0.3) is 0 Å². The lowest BCUT2D eigenvalue weighted by Crippen LogP contribution is -2.57. The fourth-order valence-corrected chi connectivity index (χ4v) is 3.14. The van der Waals surface area contributed by atoms with Crippen molar-refractivity contribution in [1.82, 2.24) is 16.0 Å². The molecule has 0 fully saturated rings. The van der Waals surface area contributed by atoms with Crippen molar-refractivity contribution in [3.05, 3.63) is 0 Å². The number of carbonyl (C=O) groups is 5. The zero-order chi connectivity index (χ0) is 29.3. The minimum Gasteiger partial charge on any atom is -0.481 e. The summed E-state index contributed by atoms with van der Waals surface area (Å²) in [4.78, 5) is 68.4. The van der Waals surface area contributed by atoms with E-state index in [1.165, 1.54) is 0 Å². The van der Waals surface area contributed by atoms with Crippen LogP contribution in [-0.4, -0.2) is 94.8 Å².